The number of hydrogen-bond acceptors (Lipinski definition) is 3. The van der Waals surface area contributed by atoms with Gasteiger partial charge in [0.2, 0.25) is 11.8 Å². The van der Waals surface area contributed by atoms with Gasteiger partial charge in [-0.05, 0) is 19.8 Å². The van der Waals surface area contributed by atoms with Crippen LogP contribution in [0.4, 0.5) is 0 Å². The largest absolute Gasteiger partial charge is 0.388 e. The van der Waals surface area contributed by atoms with E-state index in [1.807, 2.05) is 6.92 Å². The van der Waals surface area contributed by atoms with Crippen molar-refractivity contribution in [1.82, 2.24) is 10.6 Å². The summed E-state index contributed by atoms with van der Waals surface area (Å²) in [6.45, 7) is 4.39. The average molecular weight is 242 g/mol. The fourth-order valence-electron chi connectivity index (χ4n) is 2.01. The van der Waals surface area contributed by atoms with Crippen molar-refractivity contribution in [2.45, 2.75) is 45.1 Å². The monoisotopic (exact) mass is 242 g/mol. The Labute approximate surface area is 102 Å². The highest BCUT2D eigenvalue weighted by Crippen LogP contribution is 2.13. The van der Waals surface area contributed by atoms with Crippen LogP contribution in [0.15, 0.2) is 0 Å². The Hall–Kier alpha value is -1.10. The molecule has 0 aliphatic carbocycles. The zero-order valence-corrected chi connectivity index (χ0v) is 10.6. The Balaban J connectivity index is 2.32. The van der Waals surface area contributed by atoms with Gasteiger partial charge in [-0.15, -0.1) is 0 Å². The molecule has 0 saturated carbocycles. The minimum absolute atomic E-state index is 0.00651. The summed E-state index contributed by atoms with van der Waals surface area (Å²) in [4.78, 5) is 22.7. The summed E-state index contributed by atoms with van der Waals surface area (Å²) in [5, 5.41) is 15.3. The zero-order chi connectivity index (χ0) is 12.9. The van der Waals surface area contributed by atoms with Gasteiger partial charge in [0.25, 0.3) is 0 Å². The lowest BCUT2D eigenvalue weighted by Gasteiger charge is -2.26. The van der Waals surface area contributed by atoms with E-state index in [9.17, 15) is 14.7 Å². The molecule has 1 heterocycles. The fraction of sp³-hybridized carbons (Fsp3) is 0.833. The molecule has 0 aromatic carbocycles. The molecule has 1 rings (SSSR count). The van der Waals surface area contributed by atoms with Crippen LogP contribution in [0.2, 0.25) is 0 Å². The van der Waals surface area contributed by atoms with E-state index in [0.29, 0.717) is 25.8 Å². The molecular weight excluding hydrogens is 220 g/mol. The van der Waals surface area contributed by atoms with Gasteiger partial charge in [-0.25, -0.2) is 0 Å². The highest BCUT2D eigenvalue weighted by atomic mass is 16.3. The Bertz CT molecular complexity index is 279. The first-order chi connectivity index (χ1) is 7.94. The number of aliphatic hydroxyl groups is 1. The van der Waals surface area contributed by atoms with Gasteiger partial charge in [-0.2, -0.15) is 0 Å². The maximum Gasteiger partial charge on any atom is 0.225 e. The second kappa shape index (κ2) is 6.00. The lowest BCUT2D eigenvalue weighted by atomic mass is 9.97. The number of carbonyl (C=O) groups is 2. The van der Waals surface area contributed by atoms with E-state index in [2.05, 4.69) is 10.6 Å². The van der Waals surface area contributed by atoms with Gasteiger partial charge in [-0.1, -0.05) is 13.3 Å². The quantitative estimate of drug-likeness (QED) is 0.643. The third-order valence-corrected chi connectivity index (χ3v) is 3.07. The van der Waals surface area contributed by atoms with Gasteiger partial charge < -0.3 is 15.7 Å². The first-order valence-electron chi connectivity index (χ1n) is 6.21. The second-order valence-corrected chi connectivity index (χ2v) is 5.00. The molecule has 0 bridgehead atoms. The first-order valence-corrected chi connectivity index (χ1v) is 6.21. The van der Waals surface area contributed by atoms with Crippen LogP contribution in [-0.4, -0.2) is 35.6 Å². The molecule has 5 heteroatoms. The molecule has 17 heavy (non-hydrogen) atoms. The predicted octanol–water partition coefficient (Wildman–Crippen LogP) is 0.180. The summed E-state index contributed by atoms with van der Waals surface area (Å²) < 4.78 is 0. The molecule has 2 atom stereocenters. The van der Waals surface area contributed by atoms with E-state index < -0.39 is 5.60 Å². The Morgan fingerprint density at radius 1 is 1.65 bits per heavy atom. The van der Waals surface area contributed by atoms with Gasteiger partial charge in [0.15, 0.2) is 0 Å². The lowest BCUT2D eigenvalue weighted by molar-refractivity contribution is -0.129. The van der Waals surface area contributed by atoms with E-state index in [1.165, 1.54) is 0 Å². The summed E-state index contributed by atoms with van der Waals surface area (Å²) >= 11 is 0. The molecule has 0 aromatic heterocycles. The van der Waals surface area contributed by atoms with Crippen LogP contribution in [0, 0.1) is 5.92 Å². The highest BCUT2D eigenvalue weighted by molar-refractivity contribution is 5.83. The number of hydrogen-bond donors (Lipinski definition) is 3. The predicted molar refractivity (Wildman–Crippen MR) is 64.3 cm³/mol. The highest BCUT2D eigenvalue weighted by Gasteiger charge is 2.26. The molecule has 0 radical (unpaired) electrons. The van der Waals surface area contributed by atoms with Crippen LogP contribution in [0.5, 0.6) is 0 Å². The molecule has 1 aliphatic heterocycles. The zero-order valence-electron chi connectivity index (χ0n) is 10.6. The summed E-state index contributed by atoms with van der Waals surface area (Å²) in [6.07, 6.45) is 2.54. The minimum atomic E-state index is -0.845. The number of carbonyl (C=O) groups excluding carboxylic acids is 2. The topological polar surface area (TPSA) is 78.4 Å². The molecule has 1 fully saturated rings. The minimum Gasteiger partial charge on any atom is -0.388 e. The smallest absolute Gasteiger partial charge is 0.225 e. The third kappa shape index (κ3) is 4.73. The van der Waals surface area contributed by atoms with Crippen molar-refractivity contribution >= 4 is 11.8 Å². The standard InChI is InChI=1S/C12H22N2O3/c1-3-6-12(2,17)8-14-11(16)9-4-5-10(15)13-7-9/h9,17H,3-8H2,1-2H3,(H,13,15)(H,14,16). The fourth-order valence-corrected chi connectivity index (χ4v) is 2.01. The van der Waals surface area contributed by atoms with Crippen LogP contribution >= 0.6 is 0 Å². The second-order valence-electron chi connectivity index (χ2n) is 5.00. The average Bonchev–Trinajstić information content (AvgIpc) is 2.27. The summed E-state index contributed by atoms with van der Waals surface area (Å²) in [6, 6.07) is 0. The molecule has 3 N–H and O–H groups in total. The summed E-state index contributed by atoms with van der Waals surface area (Å²) in [5.41, 5.74) is -0.845. The van der Waals surface area contributed by atoms with Crippen LogP contribution in [-0.2, 0) is 9.59 Å². The van der Waals surface area contributed by atoms with Crippen LogP contribution < -0.4 is 10.6 Å². The van der Waals surface area contributed by atoms with Crippen LogP contribution in [0.25, 0.3) is 0 Å². The van der Waals surface area contributed by atoms with Crippen LogP contribution in [0.3, 0.4) is 0 Å². The molecule has 5 nitrogen and oxygen atoms in total. The maximum absolute atomic E-state index is 11.8. The number of nitrogens with one attached hydrogen (secondary N) is 2. The Morgan fingerprint density at radius 3 is 2.88 bits per heavy atom. The van der Waals surface area contributed by atoms with Crippen molar-refractivity contribution in [3.05, 3.63) is 0 Å². The van der Waals surface area contributed by atoms with E-state index in [1.54, 1.807) is 6.92 Å². The summed E-state index contributed by atoms with van der Waals surface area (Å²) in [7, 11) is 0. The van der Waals surface area contributed by atoms with Crippen molar-refractivity contribution < 1.29 is 14.7 Å². The number of piperidine rings is 1. The molecular formula is C12H22N2O3. The van der Waals surface area contributed by atoms with Crippen molar-refractivity contribution in [2.24, 2.45) is 5.92 Å². The Morgan fingerprint density at radius 2 is 2.35 bits per heavy atom. The van der Waals surface area contributed by atoms with E-state index >= 15 is 0 Å². The number of amides is 2. The molecule has 0 spiro atoms. The van der Waals surface area contributed by atoms with Crippen molar-refractivity contribution in [3.63, 3.8) is 0 Å². The van der Waals surface area contributed by atoms with E-state index in [4.69, 9.17) is 0 Å². The molecule has 98 valence electrons. The normalized spacial score (nSPS) is 23.7. The molecule has 0 aromatic rings. The SMILES string of the molecule is CCCC(C)(O)CNC(=O)C1CCC(=O)NC1. The first kappa shape index (κ1) is 14.0. The van der Waals surface area contributed by atoms with Gasteiger partial charge in [0, 0.05) is 19.5 Å². The van der Waals surface area contributed by atoms with Crippen molar-refractivity contribution in [2.75, 3.05) is 13.1 Å². The number of rotatable bonds is 5. The van der Waals surface area contributed by atoms with Gasteiger partial charge in [0.1, 0.15) is 0 Å². The molecule has 1 aliphatic rings. The Kier molecular flexibility index (Phi) is 4.93. The van der Waals surface area contributed by atoms with Gasteiger partial charge >= 0.3 is 0 Å². The van der Waals surface area contributed by atoms with E-state index in [-0.39, 0.29) is 24.3 Å². The third-order valence-electron chi connectivity index (χ3n) is 3.07. The van der Waals surface area contributed by atoms with Gasteiger partial charge in [-0.3, -0.25) is 9.59 Å². The molecule has 1 saturated heterocycles. The van der Waals surface area contributed by atoms with Gasteiger partial charge in [0.05, 0.1) is 11.5 Å². The maximum atomic E-state index is 11.8. The lowest BCUT2D eigenvalue weighted by Crippen LogP contribution is -2.47. The molecule has 2 unspecified atom stereocenters. The van der Waals surface area contributed by atoms with Crippen molar-refractivity contribution in [1.29, 1.82) is 0 Å². The van der Waals surface area contributed by atoms with Crippen LogP contribution in [0.1, 0.15) is 39.5 Å². The van der Waals surface area contributed by atoms with Crippen molar-refractivity contribution in [3.8, 4) is 0 Å². The molecule has 2 amide bonds. The summed E-state index contributed by atoms with van der Waals surface area (Å²) in [5.74, 6) is -0.237. The van der Waals surface area contributed by atoms with E-state index in [0.717, 1.165) is 6.42 Å².